The van der Waals surface area contributed by atoms with E-state index in [1.165, 1.54) is 0 Å². The number of hydrogen-bond donors (Lipinski definition) is 2. The predicted octanol–water partition coefficient (Wildman–Crippen LogP) is 2.61. The average Bonchev–Trinajstić information content (AvgIpc) is 2.21. The molecule has 0 bridgehead atoms. The summed E-state index contributed by atoms with van der Waals surface area (Å²) in [5.74, 6) is 5.96. The number of nitrogens with two attached hydrogens (primary N) is 1. The zero-order valence-electron chi connectivity index (χ0n) is 8.43. The third-order valence-corrected chi connectivity index (χ3v) is 2.36. The highest BCUT2D eigenvalue weighted by atomic mass is 35.5. The lowest BCUT2D eigenvalue weighted by atomic mass is 10.2. The molecule has 0 radical (unpaired) electrons. The molecule has 3 nitrogen and oxygen atoms in total. The van der Waals surface area contributed by atoms with Gasteiger partial charge < -0.3 is 5.43 Å². The standard InChI is InChI=1S/C10H13Cl2N3/c1-2-5-14-10(15-13)8-4-3-7(11)6-9(8)12/h3-4,6H,2,5,13H2,1H3,(H,14,15). The molecule has 0 saturated heterocycles. The molecule has 0 aliphatic rings. The lowest BCUT2D eigenvalue weighted by Gasteiger charge is -2.07. The SMILES string of the molecule is CCCN=C(NN)c1ccc(Cl)cc1Cl. The summed E-state index contributed by atoms with van der Waals surface area (Å²) in [5, 5.41) is 1.13. The molecule has 0 aromatic heterocycles. The molecule has 0 aliphatic carbocycles. The van der Waals surface area contributed by atoms with Crippen molar-refractivity contribution in [2.24, 2.45) is 10.8 Å². The quantitative estimate of drug-likeness (QED) is 0.373. The molecule has 0 spiro atoms. The van der Waals surface area contributed by atoms with Crippen LogP contribution in [0.3, 0.4) is 0 Å². The Morgan fingerprint density at radius 1 is 1.47 bits per heavy atom. The van der Waals surface area contributed by atoms with Crippen LogP contribution in [0.1, 0.15) is 18.9 Å². The van der Waals surface area contributed by atoms with Crippen molar-refractivity contribution < 1.29 is 0 Å². The Morgan fingerprint density at radius 3 is 2.73 bits per heavy atom. The van der Waals surface area contributed by atoms with Crippen LogP contribution in [0.25, 0.3) is 0 Å². The molecule has 5 heteroatoms. The Labute approximate surface area is 99.3 Å². The number of rotatable bonds is 3. The van der Waals surface area contributed by atoms with Gasteiger partial charge in [0.05, 0.1) is 5.02 Å². The second kappa shape index (κ2) is 5.95. The van der Waals surface area contributed by atoms with E-state index in [2.05, 4.69) is 10.4 Å². The Hall–Kier alpha value is -0.770. The van der Waals surface area contributed by atoms with Crippen molar-refractivity contribution in [1.82, 2.24) is 5.43 Å². The first-order valence-corrected chi connectivity index (χ1v) is 5.41. The highest BCUT2D eigenvalue weighted by Gasteiger charge is 2.06. The van der Waals surface area contributed by atoms with E-state index in [9.17, 15) is 0 Å². The van der Waals surface area contributed by atoms with Gasteiger partial charge in [-0.15, -0.1) is 0 Å². The lowest BCUT2D eigenvalue weighted by molar-refractivity contribution is 0.908. The number of hydrogen-bond acceptors (Lipinski definition) is 2. The van der Waals surface area contributed by atoms with Gasteiger partial charge in [0.15, 0.2) is 0 Å². The van der Waals surface area contributed by atoms with Crippen LogP contribution in [-0.4, -0.2) is 12.4 Å². The van der Waals surface area contributed by atoms with Crippen molar-refractivity contribution in [2.75, 3.05) is 6.54 Å². The first-order valence-electron chi connectivity index (χ1n) is 4.65. The highest BCUT2D eigenvalue weighted by molar-refractivity contribution is 6.36. The minimum absolute atomic E-state index is 0.537. The molecule has 1 aromatic rings. The van der Waals surface area contributed by atoms with Gasteiger partial charge in [-0.05, 0) is 24.6 Å². The molecule has 0 saturated carbocycles. The summed E-state index contributed by atoms with van der Waals surface area (Å²) in [6.45, 7) is 2.75. The Balaban J connectivity index is 3.02. The first-order chi connectivity index (χ1) is 7.19. The second-order valence-corrected chi connectivity index (χ2v) is 3.84. The van der Waals surface area contributed by atoms with Gasteiger partial charge in [-0.25, -0.2) is 5.84 Å². The molecule has 1 aromatic carbocycles. The summed E-state index contributed by atoms with van der Waals surface area (Å²) in [7, 11) is 0. The molecular formula is C10H13Cl2N3. The van der Waals surface area contributed by atoms with Crippen LogP contribution in [-0.2, 0) is 0 Å². The lowest BCUT2D eigenvalue weighted by Crippen LogP contribution is -2.31. The predicted molar refractivity (Wildman–Crippen MR) is 65.5 cm³/mol. The number of aliphatic imine (C=N–C) groups is 1. The van der Waals surface area contributed by atoms with Gasteiger partial charge in [0.1, 0.15) is 5.84 Å². The molecule has 82 valence electrons. The Bertz CT molecular complexity index is 364. The molecule has 15 heavy (non-hydrogen) atoms. The van der Waals surface area contributed by atoms with E-state index >= 15 is 0 Å². The molecule has 0 heterocycles. The second-order valence-electron chi connectivity index (χ2n) is 3.00. The third kappa shape index (κ3) is 3.38. The Morgan fingerprint density at radius 2 is 2.20 bits per heavy atom. The van der Waals surface area contributed by atoms with E-state index in [0.717, 1.165) is 12.0 Å². The normalized spacial score (nSPS) is 11.6. The number of nitrogens with one attached hydrogen (secondary N) is 1. The van der Waals surface area contributed by atoms with Crippen LogP contribution in [0.5, 0.6) is 0 Å². The zero-order chi connectivity index (χ0) is 11.3. The van der Waals surface area contributed by atoms with E-state index in [1.54, 1.807) is 18.2 Å². The molecule has 0 fully saturated rings. The maximum Gasteiger partial charge on any atom is 0.144 e. The fourth-order valence-electron chi connectivity index (χ4n) is 1.11. The largest absolute Gasteiger partial charge is 0.308 e. The first kappa shape index (κ1) is 12.3. The van der Waals surface area contributed by atoms with Crippen molar-refractivity contribution in [3.8, 4) is 0 Å². The van der Waals surface area contributed by atoms with Crippen LogP contribution < -0.4 is 11.3 Å². The number of amidine groups is 1. The summed E-state index contributed by atoms with van der Waals surface area (Å²) in [6, 6.07) is 5.21. The molecule has 0 atom stereocenters. The monoisotopic (exact) mass is 245 g/mol. The number of nitrogens with zero attached hydrogens (tertiary/aromatic N) is 1. The highest BCUT2D eigenvalue weighted by Crippen LogP contribution is 2.20. The number of benzene rings is 1. The Kier molecular flexibility index (Phi) is 4.88. The summed E-state index contributed by atoms with van der Waals surface area (Å²) < 4.78 is 0. The van der Waals surface area contributed by atoms with Gasteiger partial charge in [0.2, 0.25) is 0 Å². The van der Waals surface area contributed by atoms with Crippen molar-refractivity contribution in [3.05, 3.63) is 33.8 Å². The molecule has 0 unspecified atom stereocenters. The molecule has 0 aliphatic heterocycles. The van der Waals surface area contributed by atoms with Crippen molar-refractivity contribution in [1.29, 1.82) is 0 Å². The van der Waals surface area contributed by atoms with Crippen LogP contribution in [0.15, 0.2) is 23.2 Å². The summed E-state index contributed by atoms with van der Waals surface area (Å²) in [6.07, 6.45) is 0.955. The number of halogens is 2. The maximum atomic E-state index is 6.02. The minimum Gasteiger partial charge on any atom is -0.308 e. The van der Waals surface area contributed by atoms with Crippen molar-refractivity contribution >= 4 is 29.0 Å². The third-order valence-electron chi connectivity index (χ3n) is 1.82. The molecule has 1 rings (SSSR count). The van der Waals surface area contributed by atoms with Crippen LogP contribution >= 0.6 is 23.2 Å². The molecule has 3 N–H and O–H groups in total. The van der Waals surface area contributed by atoms with Crippen LogP contribution in [0, 0.1) is 0 Å². The van der Waals surface area contributed by atoms with Crippen molar-refractivity contribution in [2.45, 2.75) is 13.3 Å². The van der Waals surface area contributed by atoms with E-state index in [-0.39, 0.29) is 0 Å². The van der Waals surface area contributed by atoms with Gasteiger partial charge >= 0.3 is 0 Å². The maximum absolute atomic E-state index is 6.02. The molecule has 0 amide bonds. The average molecular weight is 246 g/mol. The summed E-state index contributed by atoms with van der Waals surface area (Å²) in [5.41, 5.74) is 3.30. The number of hydrazine groups is 1. The molecular weight excluding hydrogens is 233 g/mol. The van der Waals surface area contributed by atoms with Gasteiger partial charge in [0, 0.05) is 17.1 Å². The fraction of sp³-hybridized carbons (Fsp3) is 0.300. The topological polar surface area (TPSA) is 50.4 Å². The van der Waals surface area contributed by atoms with E-state index < -0.39 is 0 Å². The van der Waals surface area contributed by atoms with Crippen molar-refractivity contribution in [3.63, 3.8) is 0 Å². The van der Waals surface area contributed by atoms with Gasteiger partial charge in [-0.3, -0.25) is 4.99 Å². The minimum atomic E-state index is 0.537. The fourth-order valence-corrected chi connectivity index (χ4v) is 1.61. The van der Waals surface area contributed by atoms with Gasteiger partial charge in [-0.1, -0.05) is 30.1 Å². The van der Waals surface area contributed by atoms with Gasteiger partial charge in [-0.2, -0.15) is 0 Å². The van der Waals surface area contributed by atoms with E-state index in [1.807, 2.05) is 6.92 Å². The van der Waals surface area contributed by atoms with Crippen LogP contribution in [0.4, 0.5) is 0 Å². The zero-order valence-corrected chi connectivity index (χ0v) is 9.94. The van der Waals surface area contributed by atoms with E-state index in [0.29, 0.717) is 22.4 Å². The van der Waals surface area contributed by atoms with E-state index in [4.69, 9.17) is 29.0 Å². The van der Waals surface area contributed by atoms with Crippen LogP contribution in [0.2, 0.25) is 10.0 Å². The summed E-state index contributed by atoms with van der Waals surface area (Å²) >= 11 is 11.8. The summed E-state index contributed by atoms with van der Waals surface area (Å²) in [4.78, 5) is 4.27. The smallest absolute Gasteiger partial charge is 0.144 e. The van der Waals surface area contributed by atoms with Gasteiger partial charge in [0.25, 0.3) is 0 Å².